The van der Waals surface area contributed by atoms with Gasteiger partial charge in [-0.3, -0.25) is 9.59 Å². The molecule has 3 rings (SSSR count). The van der Waals surface area contributed by atoms with Crippen molar-refractivity contribution in [3.63, 3.8) is 0 Å². The van der Waals surface area contributed by atoms with Gasteiger partial charge < -0.3 is 23.7 Å². The molecule has 2 aromatic rings. The third-order valence-corrected chi connectivity index (χ3v) is 6.14. The summed E-state index contributed by atoms with van der Waals surface area (Å²) in [5.41, 5.74) is 2.65. The summed E-state index contributed by atoms with van der Waals surface area (Å²) < 4.78 is 16.8. The van der Waals surface area contributed by atoms with Gasteiger partial charge in [0.2, 0.25) is 5.91 Å². The number of imidazole rings is 1. The van der Waals surface area contributed by atoms with E-state index in [4.69, 9.17) is 19.2 Å². The standard InChI is InChI=1S/C26H33N3O7/c1-5-7-8-20-27-19-13-14-28(21(30)15-22(31)36-6-2)24(26(33)35-4)23(19)29(20)16-17-9-11-18(12-10-17)25(32)34-3/h9-12,24H,5-8,13-16H2,1-4H3. The van der Waals surface area contributed by atoms with Crippen LogP contribution in [0.2, 0.25) is 0 Å². The zero-order chi connectivity index (χ0) is 26.2. The lowest BCUT2D eigenvalue weighted by Crippen LogP contribution is -2.45. The maximum atomic E-state index is 13.0. The summed E-state index contributed by atoms with van der Waals surface area (Å²) in [6.45, 7) is 4.55. The van der Waals surface area contributed by atoms with Gasteiger partial charge in [0, 0.05) is 25.9 Å². The van der Waals surface area contributed by atoms with Gasteiger partial charge in [0.1, 0.15) is 12.2 Å². The predicted octanol–water partition coefficient (Wildman–Crippen LogP) is 2.61. The highest BCUT2D eigenvalue weighted by atomic mass is 16.5. The molecule has 1 aliphatic rings. The van der Waals surface area contributed by atoms with E-state index in [0.29, 0.717) is 30.6 Å². The first kappa shape index (κ1) is 26.9. The number of hydrogen-bond donors (Lipinski definition) is 0. The van der Waals surface area contributed by atoms with Gasteiger partial charge in [-0.25, -0.2) is 14.6 Å². The zero-order valence-electron chi connectivity index (χ0n) is 21.2. The highest BCUT2D eigenvalue weighted by molar-refractivity contribution is 5.96. The molecule has 36 heavy (non-hydrogen) atoms. The third-order valence-electron chi connectivity index (χ3n) is 6.14. The second-order valence-electron chi connectivity index (χ2n) is 8.48. The van der Waals surface area contributed by atoms with Gasteiger partial charge in [-0.1, -0.05) is 25.5 Å². The molecule has 0 saturated heterocycles. The second kappa shape index (κ2) is 12.3. The first-order valence-corrected chi connectivity index (χ1v) is 12.1. The quantitative estimate of drug-likeness (QED) is 0.278. The molecule has 0 spiro atoms. The number of carbonyl (C=O) groups is 4. The molecular formula is C26H33N3O7. The molecular weight excluding hydrogens is 466 g/mol. The number of carbonyl (C=O) groups excluding carboxylic acids is 4. The van der Waals surface area contributed by atoms with Crippen molar-refractivity contribution in [1.82, 2.24) is 14.5 Å². The monoisotopic (exact) mass is 499 g/mol. The Kier molecular flexibility index (Phi) is 9.21. The summed E-state index contributed by atoms with van der Waals surface area (Å²) >= 11 is 0. The third kappa shape index (κ3) is 5.92. The Balaban J connectivity index is 2.02. The van der Waals surface area contributed by atoms with Crippen molar-refractivity contribution < 1.29 is 33.4 Å². The lowest BCUT2D eigenvalue weighted by Gasteiger charge is -2.34. The molecule has 1 aromatic carbocycles. The lowest BCUT2D eigenvalue weighted by atomic mass is 10.0. The number of unbranched alkanes of at least 4 members (excludes halogenated alkanes) is 1. The molecule has 0 saturated carbocycles. The van der Waals surface area contributed by atoms with Gasteiger partial charge >= 0.3 is 17.9 Å². The average molecular weight is 500 g/mol. The van der Waals surface area contributed by atoms with Crippen LogP contribution in [0.15, 0.2) is 24.3 Å². The fraction of sp³-hybridized carbons (Fsp3) is 0.500. The minimum atomic E-state index is -1.03. The number of ether oxygens (including phenoxy) is 3. The molecule has 0 N–H and O–H groups in total. The fourth-order valence-corrected chi connectivity index (χ4v) is 4.37. The summed E-state index contributed by atoms with van der Waals surface area (Å²) in [6, 6.07) is 5.98. The fourth-order valence-electron chi connectivity index (χ4n) is 4.37. The summed E-state index contributed by atoms with van der Waals surface area (Å²) in [4.78, 5) is 56.1. The van der Waals surface area contributed by atoms with E-state index in [1.54, 1.807) is 19.1 Å². The molecule has 10 heteroatoms. The maximum Gasteiger partial charge on any atom is 0.337 e. The smallest absolute Gasteiger partial charge is 0.337 e. The van der Waals surface area contributed by atoms with E-state index in [2.05, 4.69) is 6.92 Å². The first-order valence-electron chi connectivity index (χ1n) is 12.1. The topological polar surface area (TPSA) is 117 Å². The van der Waals surface area contributed by atoms with Crippen molar-refractivity contribution in [2.75, 3.05) is 27.4 Å². The van der Waals surface area contributed by atoms with Crippen LogP contribution in [-0.2, 0) is 48.0 Å². The molecule has 0 bridgehead atoms. The van der Waals surface area contributed by atoms with E-state index in [0.717, 1.165) is 29.9 Å². The Morgan fingerprint density at radius 1 is 1.06 bits per heavy atom. The Labute approximate surface area is 210 Å². The molecule has 1 atom stereocenters. The number of methoxy groups -OCH3 is 2. The van der Waals surface area contributed by atoms with Gasteiger partial charge in [0.05, 0.1) is 37.8 Å². The van der Waals surface area contributed by atoms with Crippen molar-refractivity contribution in [1.29, 1.82) is 0 Å². The van der Waals surface area contributed by atoms with Gasteiger partial charge in [-0.15, -0.1) is 0 Å². The van der Waals surface area contributed by atoms with Gasteiger partial charge in [-0.2, -0.15) is 0 Å². The number of rotatable bonds is 10. The summed E-state index contributed by atoms with van der Waals surface area (Å²) in [7, 11) is 2.60. The molecule has 0 radical (unpaired) electrons. The number of aryl methyl sites for hydroxylation is 1. The number of esters is 3. The minimum Gasteiger partial charge on any atom is -0.467 e. The molecule has 1 aromatic heterocycles. The van der Waals surface area contributed by atoms with Crippen LogP contribution in [0.3, 0.4) is 0 Å². The van der Waals surface area contributed by atoms with Gasteiger partial charge in [-0.05, 0) is 31.0 Å². The summed E-state index contributed by atoms with van der Waals surface area (Å²) in [5.74, 6) is -1.35. The Morgan fingerprint density at radius 3 is 2.39 bits per heavy atom. The SMILES string of the molecule is CCCCc1nc2c(n1Cc1ccc(C(=O)OC)cc1)C(C(=O)OC)N(C(=O)CC(=O)OCC)CC2. The van der Waals surface area contributed by atoms with E-state index in [9.17, 15) is 19.2 Å². The Morgan fingerprint density at radius 2 is 1.78 bits per heavy atom. The molecule has 10 nitrogen and oxygen atoms in total. The highest BCUT2D eigenvalue weighted by Crippen LogP contribution is 2.33. The predicted molar refractivity (Wildman–Crippen MR) is 129 cm³/mol. The number of hydrogen-bond acceptors (Lipinski definition) is 8. The highest BCUT2D eigenvalue weighted by Gasteiger charge is 2.41. The summed E-state index contributed by atoms with van der Waals surface area (Å²) in [5, 5.41) is 0. The molecule has 0 aliphatic carbocycles. The second-order valence-corrected chi connectivity index (χ2v) is 8.48. The van der Waals surface area contributed by atoms with Crippen LogP contribution >= 0.6 is 0 Å². The van der Waals surface area contributed by atoms with Crippen molar-refractivity contribution in [3.8, 4) is 0 Å². The van der Waals surface area contributed by atoms with Crippen LogP contribution in [0.5, 0.6) is 0 Å². The number of fused-ring (bicyclic) bond motifs is 1. The number of nitrogens with zero attached hydrogens (tertiary/aromatic N) is 3. The summed E-state index contributed by atoms with van der Waals surface area (Å²) in [6.07, 6.45) is 2.57. The number of amides is 1. The lowest BCUT2D eigenvalue weighted by molar-refractivity contribution is -0.157. The maximum absolute atomic E-state index is 13.0. The van der Waals surface area contributed by atoms with Crippen LogP contribution < -0.4 is 0 Å². The molecule has 1 amide bonds. The largest absolute Gasteiger partial charge is 0.467 e. The molecule has 1 unspecified atom stereocenters. The number of benzene rings is 1. The molecule has 194 valence electrons. The Bertz CT molecular complexity index is 1110. The van der Waals surface area contributed by atoms with Crippen molar-refractivity contribution in [3.05, 3.63) is 52.6 Å². The Hall–Kier alpha value is -3.69. The van der Waals surface area contributed by atoms with Crippen LogP contribution in [0.1, 0.15) is 72.3 Å². The zero-order valence-corrected chi connectivity index (χ0v) is 21.2. The normalized spacial score (nSPS) is 14.7. The van der Waals surface area contributed by atoms with Crippen LogP contribution in [-0.4, -0.2) is 65.6 Å². The minimum absolute atomic E-state index is 0.166. The van der Waals surface area contributed by atoms with Crippen LogP contribution in [0.4, 0.5) is 0 Å². The average Bonchev–Trinajstić information content (AvgIpc) is 3.23. The molecule has 2 heterocycles. The van der Waals surface area contributed by atoms with Gasteiger partial charge in [0.25, 0.3) is 0 Å². The van der Waals surface area contributed by atoms with Crippen molar-refractivity contribution in [2.45, 2.75) is 58.5 Å². The van der Waals surface area contributed by atoms with E-state index in [1.807, 2.05) is 16.7 Å². The van der Waals surface area contributed by atoms with Crippen molar-refractivity contribution >= 4 is 23.8 Å². The van der Waals surface area contributed by atoms with Gasteiger partial charge in [0.15, 0.2) is 6.04 Å². The molecule has 1 aliphatic heterocycles. The van der Waals surface area contributed by atoms with Crippen LogP contribution in [0, 0.1) is 0 Å². The van der Waals surface area contributed by atoms with Crippen LogP contribution in [0.25, 0.3) is 0 Å². The van der Waals surface area contributed by atoms with Crippen molar-refractivity contribution in [2.24, 2.45) is 0 Å². The molecule has 0 fully saturated rings. The van der Waals surface area contributed by atoms with E-state index in [-0.39, 0.29) is 13.2 Å². The van der Waals surface area contributed by atoms with E-state index < -0.39 is 36.3 Å². The number of aromatic nitrogens is 2. The van der Waals surface area contributed by atoms with E-state index >= 15 is 0 Å². The van der Waals surface area contributed by atoms with E-state index in [1.165, 1.54) is 19.1 Å². The first-order chi connectivity index (χ1) is 17.3.